The van der Waals surface area contributed by atoms with E-state index in [0.29, 0.717) is 16.7 Å². The van der Waals surface area contributed by atoms with Gasteiger partial charge in [0, 0.05) is 19.2 Å². The first-order valence-electron chi connectivity index (χ1n) is 7.14. The molecule has 0 aliphatic heterocycles. The maximum atomic E-state index is 12.4. The molecular formula is C16H16N4O3. The van der Waals surface area contributed by atoms with Gasteiger partial charge in [0.25, 0.3) is 11.5 Å². The van der Waals surface area contributed by atoms with Gasteiger partial charge in [-0.05, 0) is 26.0 Å². The molecule has 0 saturated carbocycles. The minimum Gasteiger partial charge on any atom is -0.361 e. The van der Waals surface area contributed by atoms with Crippen LogP contribution in [0.1, 0.15) is 27.6 Å². The van der Waals surface area contributed by atoms with E-state index in [0.717, 1.165) is 11.3 Å². The third kappa shape index (κ3) is 2.61. The van der Waals surface area contributed by atoms with E-state index in [1.807, 2.05) is 6.92 Å². The molecule has 0 bridgehead atoms. The van der Waals surface area contributed by atoms with Crippen LogP contribution in [-0.4, -0.2) is 20.6 Å². The normalized spacial score (nSPS) is 10.9. The summed E-state index contributed by atoms with van der Waals surface area (Å²) < 4.78 is 6.32. The average molecular weight is 312 g/mol. The van der Waals surface area contributed by atoms with Crippen LogP contribution >= 0.6 is 0 Å². The molecule has 2 aromatic heterocycles. The molecule has 1 aromatic carbocycles. The van der Waals surface area contributed by atoms with Gasteiger partial charge in [-0.2, -0.15) is 0 Å². The number of nitrogens with zero attached hydrogens (tertiary/aromatic N) is 3. The van der Waals surface area contributed by atoms with Crippen LogP contribution in [0.3, 0.4) is 0 Å². The van der Waals surface area contributed by atoms with E-state index in [1.165, 1.54) is 11.6 Å². The van der Waals surface area contributed by atoms with Gasteiger partial charge in [-0.1, -0.05) is 17.3 Å². The van der Waals surface area contributed by atoms with E-state index < -0.39 is 5.91 Å². The number of fused-ring (bicyclic) bond motifs is 1. The first-order valence-corrected chi connectivity index (χ1v) is 7.14. The summed E-state index contributed by atoms with van der Waals surface area (Å²) >= 11 is 0. The molecule has 7 nitrogen and oxygen atoms in total. The Kier molecular flexibility index (Phi) is 3.69. The lowest BCUT2D eigenvalue weighted by Gasteiger charge is -2.09. The highest BCUT2D eigenvalue weighted by Gasteiger charge is 2.16. The molecule has 3 rings (SSSR count). The summed E-state index contributed by atoms with van der Waals surface area (Å²) in [4.78, 5) is 29.0. The van der Waals surface area contributed by atoms with Crippen molar-refractivity contribution in [1.82, 2.24) is 20.0 Å². The lowest BCUT2D eigenvalue weighted by atomic mass is 10.2. The smallest absolute Gasteiger partial charge is 0.287 e. The van der Waals surface area contributed by atoms with Gasteiger partial charge in [-0.15, -0.1) is 0 Å². The molecule has 0 spiro atoms. The van der Waals surface area contributed by atoms with Crippen molar-refractivity contribution >= 4 is 16.8 Å². The number of hydrogen-bond acceptors (Lipinski definition) is 5. The minimum absolute atomic E-state index is 0.0699. The predicted molar refractivity (Wildman–Crippen MR) is 84.1 cm³/mol. The van der Waals surface area contributed by atoms with E-state index in [2.05, 4.69) is 15.5 Å². The number of rotatable bonds is 3. The summed E-state index contributed by atoms with van der Waals surface area (Å²) in [6.07, 6.45) is 0. The predicted octanol–water partition coefficient (Wildman–Crippen LogP) is 1.47. The zero-order chi connectivity index (χ0) is 16.6. The summed E-state index contributed by atoms with van der Waals surface area (Å²) in [6.45, 7) is 3.86. The number of carbonyl (C=O) groups excluding carboxylic acids is 1. The minimum atomic E-state index is -0.421. The van der Waals surface area contributed by atoms with E-state index in [-0.39, 0.29) is 17.9 Å². The fraction of sp³-hybridized carbons (Fsp3) is 0.250. The highest BCUT2D eigenvalue weighted by atomic mass is 16.5. The van der Waals surface area contributed by atoms with Gasteiger partial charge in [0.1, 0.15) is 5.76 Å². The number of aryl methyl sites for hydroxylation is 2. The quantitative estimate of drug-likeness (QED) is 0.791. The molecule has 3 aromatic rings. The second kappa shape index (κ2) is 5.68. The second-order valence-electron chi connectivity index (χ2n) is 5.30. The van der Waals surface area contributed by atoms with Crippen LogP contribution in [0.25, 0.3) is 10.9 Å². The van der Waals surface area contributed by atoms with Crippen LogP contribution in [-0.2, 0) is 13.6 Å². The maximum absolute atomic E-state index is 12.4. The highest BCUT2D eigenvalue weighted by molar-refractivity contribution is 5.92. The van der Waals surface area contributed by atoms with Gasteiger partial charge in [-0.3, -0.25) is 14.2 Å². The molecule has 1 N–H and O–H groups in total. The van der Waals surface area contributed by atoms with Crippen molar-refractivity contribution in [3.8, 4) is 0 Å². The summed E-state index contributed by atoms with van der Waals surface area (Å²) in [5, 5.41) is 7.08. The van der Waals surface area contributed by atoms with Crippen LogP contribution in [0.5, 0.6) is 0 Å². The monoisotopic (exact) mass is 312 g/mol. The molecular weight excluding hydrogens is 296 g/mol. The molecule has 0 fully saturated rings. The number of carbonyl (C=O) groups is 1. The van der Waals surface area contributed by atoms with Crippen molar-refractivity contribution in [2.45, 2.75) is 20.4 Å². The number of amides is 1. The Hall–Kier alpha value is -2.96. The van der Waals surface area contributed by atoms with Gasteiger partial charge in [-0.25, -0.2) is 4.98 Å². The molecule has 0 saturated heterocycles. The van der Waals surface area contributed by atoms with Crippen LogP contribution in [0.15, 0.2) is 33.6 Å². The topological polar surface area (TPSA) is 90.0 Å². The zero-order valence-electron chi connectivity index (χ0n) is 13.1. The van der Waals surface area contributed by atoms with E-state index in [4.69, 9.17) is 4.52 Å². The summed E-state index contributed by atoms with van der Waals surface area (Å²) in [6, 6.07) is 6.95. The Balaban J connectivity index is 1.92. The van der Waals surface area contributed by atoms with E-state index in [1.54, 1.807) is 31.2 Å². The lowest BCUT2D eigenvalue weighted by molar-refractivity contribution is 0.0936. The zero-order valence-corrected chi connectivity index (χ0v) is 13.1. The fourth-order valence-electron chi connectivity index (χ4n) is 2.42. The molecule has 0 aliphatic carbocycles. The van der Waals surface area contributed by atoms with Crippen molar-refractivity contribution in [3.63, 3.8) is 0 Å². The lowest BCUT2D eigenvalue weighted by Crippen LogP contribution is -2.32. The fourth-order valence-corrected chi connectivity index (χ4v) is 2.42. The first kappa shape index (κ1) is 15.0. The van der Waals surface area contributed by atoms with Gasteiger partial charge in [0.15, 0.2) is 0 Å². The molecule has 23 heavy (non-hydrogen) atoms. The standard InChI is InChI=1S/C16H16N4O3/c1-9-12(10(2)23-19-9)8-17-15(21)14-18-13-7-5-4-6-11(13)16(22)20(14)3/h4-7H,8H2,1-3H3,(H,17,21). The Bertz CT molecular complexity index is 936. The average Bonchev–Trinajstić information content (AvgIpc) is 2.87. The Morgan fingerprint density at radius 1 is 1.30 bits per heavy atom. The van der Waals surface area contributed by atoms with Gasteiger partial charge < -0.3 is 9.84 Å². The van der Waals surface area contributed by atoms with E-state index >= 15 is 0 Å². The molecule has 0 aliphatic rings. The molecule has 0 radical (unpaired) electrons. The third-order valence-corrected chi connectivity index (χ3v) is 3.79. The van der Waals surface area contributed by atoms with E-state index in [9.17, 15) is 9.59 Å². The SMILES string of the molecule is Cc1noc(C)c1CNC(=O)c1nc2ccccc2c(=O)n1C. The summed E-state index contributed by atoms with van der Waals surface area (Å²) in [5.74, 6) is 0.305. The van der Waals surface area contributed by atoms with Crippen molar-refractivity contribution in [3.05, 3.63) is 57.5 Å². The van der Waals surface area contributed by atoms with Gasteiger partial charge in [0.05, 0.1) is 16.6 Å². The molecule has 0 atom stereocenters. The first-order chi connectivity index (χ1) is 11.0. The third-order valence-electron chi connectivity index (χ3n) is 3.79. The number of benzene rings is 1. The molecule has 0 unspecified atom stereocenters. The largest absolute Gasteiger partial charge is 0.361 e. The summed E-state index contributed by atoms with van der Waals surface area (Å²) in [7, 11) is 1.53. The van der Waals surface area contributed by atoms with Crippen LogP contribution in [0, 0.1) is 13.8 Å². The van der Waals surface area contributed by atoms with Gasteiger partial charge in [0.2, 0.25) is 5.82 Å². The molecule has 1 amide bonds. The van der Waals surface area contributed by atoms with Crippen LogP contribution in [0.4, 0.5) is 0 Å². The van der Waals surface area contributed by atoms with Gasteiger partial charge >= 0.3 is 0 Å². The van der Waals surface area contributed by atoms with Crippen molar-refractivity contribution < 1.29 is 9.32 Å². The number of hydrogen-bond donors (Lipinski definition) is 1. The number of nitrogens with one attached hydrogen (secondary N) is 1. The molecule has 2 heterocycles. The summed E-state index contributed by atoms with van der Waals surface area (Å²) in [5.41, 5.74) is 1.79. The van der Waals surface area contributed by atoms with Crippen molar-refractivity contribution in [2.75, 3.05) is 0 Å². The maximum Gasteiger partial charge on any atom is 0.287 e. The van der Waals surface area contributed by atoms with Crippen molar-refractivity contribution in [2.24, 2.45) is 7.05 Å². The Morgan fingerprint density at radius 3 is 2.74 bits per heavy atom. The van der Waals surface area contributed by atoms with Crippen LogP contribution in [0.2, 0.25) is 0 Å². The Morgan fingerprint density at radius 2 is 2.04 bits per heavy atom. The van der Waals surface area contributed by atoms with Crippen molar-refractivity contribution in [1.29, 1.82) is 0 Å². The number of para-hydroxylation sites is 1. The van der Waals surface area contributed by atoms with Crippen LogP contribution < -0.4 is 10.9 Å². The molecule has 7 heteroatoms. The Labute approximate surface area is 131 Å². The second-order valence-corrected chi connectivity index (χ2v) is 5.30. The number of aromatic nitrogens is 3. The highest BCUT2D eigenvalue weighted by Crippen LogP contribution is 2.12. The molecule has 118 valence electrons.